The second-order valence-corrected chi connectivity index (χ2v) is 3.46. The van der Waals surface area contributed by atoms with Gasteiger partial charge in [-0.05, 0) is 43.5 Å². The molecule has 0 unspecified atom stereocenters. The Morgan fingerprint density at radius 3 is 2.73 bits per heavy atom. The molecule has 0 radical (unpaired) electrons. The maximum Gasteiger partial charge on any atom is 0.0822 e. The zero-order chi connectivity index (χ0) is 11.3. The zero-order valence-corrected chi connectivity index (χ0v) is 9.36. The molecule has 0 aliphatic rings. The van der Waals surface area contributed by atoms with Gasteiger partial charge in [0.15, 0.2) is 0 Å². The number of oxime groups is 1. The normalized spacial score (nSPS) is 13.0. The van der Waals surface area contributed by atoms with Crippen molar-refractivity contribution in [3.63, 3.8) is 0 Å². The van der Waals surface area contributed by atoms with Gasteiger partial charge in [-0.1, -0.05) is 18.1 Å². The molecule has 0 spiro atoms. The molecule has 0 fully saturated rings. The van der Waals surface area contributed by atoms with E-state index in [2.05, 4.69) is 10.1 Å². The summed E-state index contributed by atoms with van der Waals surface area (Å²) in [6, 6.07) is 3.96. The maximum absolute atomic E-state index is 8.75. The van der Waals surface area contributed by atoms with Crippen LogP contribution in [0.25, 0.3) is 6.08 Å². The second kappa shape index (κ2) is 5.29. The third-order valence-electron chi connectivity index (χ3n) is 2.23. The lowest BCUT2D eigenvalue weighted by Crippen LogP contribution is -1.97. The quantitative estimate of drug-likeness (QED) is 0.467. The van der Waals surface area contributed by atoms with Gasteiger partial charge in [0, 0.05) is 11.9 Å². The highest BCUT2D eigenvalue weighted by molar-refractivity contribution is 6.02. The van der Waals surface area contributed by atoms with E-state index < -0.39 is 0 Å². The first-order chi connectivity index (χ1) is 7.17. The third-order valence-corrected chi connectivity index (χ3v) is 2.23. The highest BCUT2D eigenvalue weighted by Gasteiger charge is 1.99. The summed E-state index contributed by atoms with van der Waals surface area (Å²) in [7, 11) is 0. The molecule has 80 valence electrons. The SMILES string of the molecule is CCC(=NO)/C(C)=C/c1ccc(C)nc1. The first kappa shape index (κ1) is 11.4. The van der Waals surface area contributed by atoms with E-state index in [0.717, 1.165) is 23.3 Å². The van der Waals surface area contributed by atoms with E-state index >= 15 is 0 Å². The van der Waals surface area contributed by atoms with Crippen LogP contribution in [0.15, 0.2) is 29.1 Å². The third kappa shape index (κ3) is 3.20. The molecule has 0 aliphatic carbocycles. The van der Waals surface area contributed by atoms with Crippen molar-refractivity contribution in [3.05, 3.63) is 35.2 Å². The van der Waals surface area contributed by atoms with Crippen LogP contribution in [0, 0.1) is 6.92 Å². The Morgan fingerprint density at radius 2 is 2.27 bits per heavy atom. The summed E-state index contributed by atoms with van der Waals surface area (Å²) < 4.78 is 0. The van der Waals surface area contributed by atoms with Crippen molar-refractivity contribution in [1.29, 1.82) is 0 Å². The summed E-state index contributed by atoms with van der Waals surface area (Å²) in [5.41, 5.74) is 3.69. The summed E-state index contributed by atoms with van der Waals surface area (Å²) in [5.74, 6) is 0. The Kier molecular flexibility index (Phi) is 4.03. The number of allylic oxidation sites excluding steroid dienone is 1. The van der Waals surface area contributed by atoms with E-state index in [-0.39, 0.29) is 0 Å². The van der Waals surface area contributed by atoms with Gasteiger partial charge in [-0.2, -0.15) is 0 Å². The Balaban J connectivity index is 2.92. The lowest BCUT2D eigenvalue weighted by atomic mass is 10.1. The lowest BCUT2D eigenvalue weighted by Gasteiger charge is -2.01. The fourth-order valence-corrected chi connectivity index (χ4v) is 1.33. The number of hydrogen-bond acceptors (Lipinski definition) is 3. The number of aromatic nitrogens is 1. The Morgan fingerprint density at radius 1 is 1.53 bits per heavy atom. The molecule has 1 N–H and O–H groups in total. The van der Waals surface area contributed by atoms with Gasteiger partial charge in [-0.25, -0.2) is 0 Å². The number of pyridine rings is 1. The number of nitrogens with zero attached hydrogens (tertiary/aromatic N) is 2. The number of aryl methyl sites for hydroxylation is 1. The molecule has 15 heavy (non-hydrogen) atoms. The molecule has 1 heterocycles. The van der Waals surface area contributed by atoms with Crippen molar-refractivity contribution in [2.45, 2.75) is 27.2 Å². The van der Waals surface area contributed by atoms with Crippen LogP contribution in [0.4, 0.5) is 0 Å². The van der Waals surface area contributed by atoms with Crippen LogP contribution >= 0.6 is 0 Å². The van der Waals surface area contributed by atoms with E-state index in [1.54, 1.807) is 0 Å². The highest BCUT2D eigenvalue weighted by atomic mass is 16.4. The predicted octanol–water partition coefficient (Wildman–Crippen LogP) is 3.03. The summed E-state index contributed by atoms with van der Waals surface area (Å²) in [4.78, 5) is 4.20. The van der Waals surface area contributed by atoms with Gasteiger partial charge in [0.1, 0.15) is 0 Å². The van der Waals surface area contributed by atoms with Crippen LogP contribution in [-0.2, 0) is 0 Å². The molecule has 0 aliphatic heterocycles. The average molecular weight is 204 g/mol. The smallest absolute Gasteiger partial charge is 0.0822 e. The van der Waals surface area contributed by atoms with E-state index in [9.17, 15) is 0 Å². The monoisotopic (exact) mass is 204 g/mol. The fourth-order valence-electron chi connectivity index (χ4n) is 1.33. The first-order valence-corrected chi connectivity index (χ1v) is 4.99. The first-order valence-electron chi connectivity index (χ1n) is 4.99. The van der Waals surface area contributed by atoms with Crippen molar-refractivity contribution in [2.75, 3.05) is 0 Å². The van der Waals surface area contributed by atoms with Crippen molar-refractivity contribution < 1.29 is 5.21 Å². The van der Waals surface area contributed by atoms with E-state index in [1.165, 1.54) is 0 Å². The molecule has 3 nitrogen and oxygen atoms in total. The van der Waals surface area contributed by atoms with E-state index in [1.807, 2.05) is 45.2 Å². The van der Waals surface area contributed by atoms with E-state index in [4.69, 9.17) is 5.21 Å². The largest absolute Gasteiger partial charge is 0.411 e. The highest BCUT2D eigenvalue weighted by Crippen LogP contribution is 2.09. The van der Waals surface area contributed by atoms with Crippen LogP contribution in [0.1, 0.15) is 31.5 Å². The van der Waals surface area contributed by atoms with Gasteiger partial charge in [0.25, 0.3) is 0 Å². The van der Waals surface area contributed by atoms with Crippen LogP contribution in [0.5, 0.6) is 0 Å². The molecule has 0 aromatic carbocycles. The fraction of sp³-hybridized carbons (Fsp3) is 0.333. The molecule has 0 atom stereocenters. The summed E-state index contributed by atoms with van der Waals surface area (Å²) in [6.07, 6.45) is 4.49. The van der Waals surface area contributed by atoms with Gasteiger partial charge in [-0.15, -0.1) is 0 Å². The Labute approximate surface area is 90.2 Å². The van der Waals surface area contributed by atoms with Crippen LogP contribution in [0.3, 0.4) is 0 Å². The molecular formula is C12H16N2O. The topological polar surface area (TPSA) is 45.5 Å². The average Bonchev–Trinajstić information content (AvgIpc) is 2.23. The molecule has 0 amide bonds. The van der Waals surface area contributed by atoms with Gasteiger partial charge >= 0.3 is 0 Å². The molecule has 0 saturated carbocycles. The van der Waals surface area contributed by atoms with Crippen molar-refractivity contribution >= 4 is 11.8 Å². The Hall–Kier alpha value is -1.64. The van der Waals surface area contributed by atoms with Crippen LogP contribution in [0.2, 0.25) is 0 Å². The number of hydrogen-bond donors (Lipinski definition) is 1. The van der Waals surface area contributed by atoms with Crippen molar-refractivity contribution in [3.8, 4) is 0 Å². The standard InChI is InChI=1S/C12H16N2O/c1-4-12(14-15)9(2)7-11-6-5-10(3)13-8-11/h5-8,15H,4H2,1-3H3/b9-7+,14-12?. The second-order valence-electron chi connectivity index (χ2n) is 3.46. The zero-order valence-electron chi connectivity index (χ0n) is 9.36. The van der Waals surface area contributed by atoms with Crippen LogP contribution in [-0.4, -0.2) is 15.9 Å². The minimum atomic E-state index is 0.704. The number of rotatable bonds is 3. The summed E-state index contributed by atoms with van der Waals surface area (Å²) >= 11 is 0. The summed E-state index contributed by atoms with van der Waals surface area (Å²) in [6.45, 7) is 5.84. The molecule has 1 aromatic heterocycles. The predicted molar refractivity (Wildman–Crippen MR) is 62.1 cm³/mol. The molecule has 1 aromatic rings. The van der Waals surface area contributed by atoms with E-state index in [0.29, 0.717) is 5.71 Å². The van der Waals surface area contributed by atoms with Gasteiger partial charge < -0.3 is 5.21 Å². The minimum Gasteiger partial charge on any atom is -0.411 e. The van der Waals surface area contributed by atoms with Crippen LogP contribution < -0.4 is 0 Å². The van der Waals surface area contributed by atoms with Gasteiger partial charge in [-0.3, -0.25) is 4.98 Å². The molecule has 0 saturated heterocycles. The van der Waals surface area contributed by atoms with Gasteiger partial charge in [0.2, 0.25) is 0 Å². The Bertz CT molecular complexity index is 377. The summed E-state index contributed by atoms with van der Waals surface area (Å²) in [5, 5.41) is 12.0. The van der Waals surface area contributed by atoms with Crippen molar-refractivity contribution in [1.82, 2.24) is 4.98 Å². The lowest BCUT2D eigenvalue weighted by molar-refractivity contribution is 0.318. The van der Waals surface area contributed by atoms with Gasteiger partial charge in [0.05, 0.1) is 5.71 Å². The maximum atomic E-state index is 8.75. The molecule has 3 heteroatoms. The van der Waals surface area contributed by atoms with Crippen molar-refractivity contribution in [2.24, 2.45) is 5.16 Å². The molecule has 1 rings (SSSR count). The molecular weight excluding hydrogens is 188 g/mol. The molecule has 0 bridgehead atoms. The minimum absolute atomic E-state index is 0.704.